The predicted molar refractivity (Wildman–Crippen MR) is 120 cm³/mol. The maximum absolute atomic E-state index is 12.8. The number of methoxy groups -OCH3 is 1. The molecule has 1 aliphatic heterocycles. The molecule has 1 aromatic heterocycles. The maximum Gasteiger partial charge on any atom is 0.264 e. The Kier molecular flexibility index (Phi) is 5.57. The van der Waals surface area contributed by atoms with Gasteiger partial charge in [-0.25, -0.2) is 23.4 Å². The maximum atomic E-state index is 12.8. The summed E-state index contributed by atoms with van der Waals surface area (Å²) in [7, 11) is -2.54. The van der Waals surface area contributed by atoms with E-state index in [1.165, 1.54) is 13.2 Å². The molecule has 0 aliphatic carbocycles. The number of hydrogen-bond acceptors (Lipinski definition) is 7. The number of benzene rings is 2. The van der Waals surface area contributed by atoms with E-state index in [-0.39, 0.29) is 23.0 Å². The lowest BCUT2D eigenvalue weighted by Crippen LogP contribution is -2.20. The largest absolute Gasteiger partial charge is 0.497 e. The smallest absolute Gasteiger partial charge is 0.264 e. The summed E-state index contributed by atoms with van der Waals surface area (Å²) in [5, 5.41) is 3.40. The summed E-state index contributed by atoms with van der Waals surface area (Å²) in [6.07, 6.45) is 2.20. The van der Waals surface area contributed by atoms with Gasteiger partial charge < -0.3 is 10.1 Å². The van der Waals surface area contributed by atoms with E-state index >= 15 is 0 Å². The number of allylic oxidation sites excluding steroid dienone is 1. The first-order valence-corrected chi connectivity index (χ1v) is 10.9. The van der Waals surface area contributed by atoms with E-state index in [0.29, 0.717) is 27.5 Å². The standard InChI is InChI=1S/C20H16ClN5O4S/c1-30-12-6-8-14(21)17(10-12)25-19-20(24-16-5-3-2-4-15(16)23-19)26-31(28,29)13-7-9-18(27)22-11-13/h2-8,10-11H,9H2,1H3,(H,23,25)(H,24,26). The summed E-state index contributed by atoms with van der Waals surface area (Å²) in [5.41, 5.74) is 1.50. The molecule has 2 heterocycles. The summed E-state index contributed by atoms with van der Waals surface area (Å²) >= 11 is 6.28. The first-order chi connectivity index (χ1) is 14.9. The molecule has 158 valence electrons. The zero-order valence-electron chi connectivity index (χ0n) is 16.2. The molecule has 0 unspecified atom stereocenters. The van der Waals surface area contributed by atoms with E-state index in [1.807, 2.05) is 0 Å². The van der Waals surface area contributed by atoms with Gasteiger partial charge in [-0.1, -0.05) is 29.8 Å². The number of dihydropyridines is 1. The van der Waals surface area contributed by atoms with Gasteiger partial charge >= 0.3 is 0 Å². The molecule has 4 rings (SSSR count). The first kappa shape index (κ1) is 20.8. The highest BCUT2D eigenvalue weighted by molar-refractivity contribution is 7.97. The van der Waals surface area contributed by atoms with Gasteiger partial charge in [-0.05, 0) is 24.3 Å². The number of hydrogen-bond donors (Lipinski definition) is 2. The van der Waals surface area contributed by atoms with Crippen molar-refractivity contribution in [3.8, 4) is 5.75 Å². The third-order valence-corrected chi connectivity index (χ3v) is 6.04. The highest BCUT2D eigenvalue weighted by Crippen LogP contribution is 2.32. The van der Waals surface area contributed by atoms with Gasteiger partial charge in [0.05, 0.1) is 35.1 Å². The predicted octanol–water partition coefficient (Wildman–Crippen LogP) is 3.66. The number of ether oxygens (including phenoxy) is 1. The van der Waals surface area contributed by atoms with Gasteiger partial charge in [-0.15, -0.1) is 0 Å². The van der Waals surface area contributed by atoms with E-state index in [4.69, 9.17) is 16.3 Å². The van der Waals surface area contributed by atoms with Gasteiger partial charge in [0.15, 0.2) is 11.6 Å². The van der Waals surface area contributed by atoms with Crippen LogP contribution in [-0.2, 0) is 14.8 Å². The number of nitrogens with zero attached hydrogens (tertiary/aromatic N) is 3. The second-order valence-corrected chi connectivity index (χ2v) is 8.54. The van der Waals surface area contributed by atoms with Gasteiger partial charge in [0, 0.05) is 12.5 Å². The third-order valence-electron chi connectivity index (χ3n) is 4.35. The van der Waals surface area contributed by atoms with Crippen molar-refractivity contribution in [3.05, 3.63) is 58.5 Å². The minimum atomic E-state index is -4.06. The Hall–Kier alpha value is -3.50. The molecule has 0 radical (unpaired) electrons. The molecule has 0 saturated heterocycles. The fourth-order valence-electron chi connectivity index (χ4n) is 2.81. The fraction of sp³-hybridized carbons (Fsp3) is 0.100. The van der Waals surface area contributed by atoms with Crippen LogP contribution in [0.25, 0.3) is 11.0 Å². The Morgan fingerprint density at radius 1 is 1.06 bits per heavy atom. The summed E-state index contributed by atoms with van der Waals surface area (Å²) < 4.78 is 33.3. The number of aliphatic imine (C=N–C) groups is 1. The number of amides is 1. The van der Waals surface area contributed by atoms with Gasteiger partial charge in [0.2, 0.25) is 5.91 Å². The molecule has 9 nitrogen and oxygen atoms in total. The highest BCUT2D eigenvalue weighted by atomic mass is 35.5. The number of carbonyl (C=O) groups excluding carboxylic acids is 1. The minimum absolute atomic E-state index is 0.0382. The van der Waals surface area contributed by atoms with Crippen LogP contribution in [0.3, 0.4) is 0 Å². The molecular weight excluding hydrogens is 442 g/mol. The number of carbonyl (C=O) groups is 1. The molecule has 3 aromatic rings. The van der Waals surface area contributed by atoms with E-state index < -0.39 is 15.9 Å². The molecule has 2 N–H and O–H groups in total. The Bertz CT molecular complexity index is 1350. The summed E-state index contributed by atoms with van der Waals surface area (Å²) in [6, 6.07) is 12.0. The Morgan fingerprint density at radius 2 is 1.77 bits per heavy atom. The number of sulfonamides is 1. The first-order valence-electron chi connectivity index (χ1n) is 9.03. The molecular formula is C20H16ClN5O4S. The number of aromatic nitrogens is 2. The van der Waals surface area contributed by atoms with Gasteiger partial charge in [0.1, 0.15) is 10.7 Å². The van der Waals surface area contributed by atoms with Crippen LogP contribution in [0, 0.1) is 0 Å². The van der Waals surface area contributed by atoms with E-state index in [1.54, 1.807) is 42.5 Å². The van der Waals surface area contributed by atoms with Crippen LogP contribution >= 0.6 is 11.6 Å². The van der Waals surface area contributed by atoms with Crippen molar-refractivity contribution in [2.75, 3.05) is 17.1 Å². The van der Waals surface area contributed by atoms with E-state index in [9.17, 15) is 13.2 Å². The van der Waals surface area contributed by atoms with Crippen LogP contribution in [0.2, 0.25) is 5.02 Å². The quantitative estimate of drug-likeness (QED) is 0.579. The number of para-hydroxylation sites is 2. The molecule has 0 atom stereocenters. The lowest BCUT2D eigenvalue weighted by atomic mass is 10.3. The summed E-state index contributed by atoms with van der Waals surface area (Å²) in [6.45, 7) is 0. The minimum Gasteiger partial charge on any atom is -0.497 e. The molecule has 11 heteroatoms. The van der Waals surface area contributed by atoms with Gasteiger partial charge in [-0.2, -0.15) is 0 Å². The Balaban J connectivity index is 1.77. The van der Waals surface area contributed by atoms with E-state index in [2.05, 4.69) is 25.0 Å². The van der Waals surface area contributed by atoms with Crippen LogP contribution in [0.15, 0.2) is 58.4 Å². The van der Waals surface area contributed by atoms with Crippen molar-refractivity contribution in [1.29, 1.82) is 0 Å². The van der Waals surface area contributed by atoms with Crippen LogP contribution in [-0.4, -0.2) is 37.6 Å². The number of anilines is 3. The van der Waals surface area contributed by atoms with Crippen LogP contribution in [0.1, 0.15) is 6.42 Å². The molecule has 0 saturated carbocycles. The molecule has 0 bridgehead atoms. The Morgan fingerprint density at radius 3 is 2.42 bits per heavy atom. The van der Waals surface area contributed by atoms with Crippen molar-refractivity contribution in [2.45, 2.75) is 6.42 Å². The average molecular weight is 458 g/mol. The van der Waals surface area contributed by atoms with Crippen LogP contribution in [0.4, 0.5) is 17.3 Å². The molecule has 0 fully saturated rings. The van der Waals surface area contributed by atoms with Gasteiger partial charge in [0.25, 0.3) is 10.0 Å². The zero-order chi connectivity index (χ0) is 22.0. The normalized spacial score (nSPS) is 13.7. The SMILES string of the molecule is COc1ccc(Cl)c(Nc2nc3ccccc3nc2NS(=O)(=O)C2=CCC(=O)N=C2)c1. The summed E-state index contributed by atoms with van der Waals surface area (Å²) in [5.74, 6) is 0.237. The number of halogens is 1. The molecule has 31 heavy (non-hydrogen) atoms. The number of fused-ring (bicyclic) bond motifs is 1. The Labute approximate surface area is 182 Å². The average Bonchev–Trinajstić information content (AvgIpc) is 2.75. The van der Waals surface area contributed by atoms with E-state index in [0.717, 1.165) is 6.21 Å². The fourth-order valence-corrected chi connectivity index (χ4v) is 3.98. The number of rotatable bonds is 6. The van der Waals surface area contributed by atoms with Crippen molar-refractivity contribution in [1.82, 2.24) is 9.97 Å². The molecule has 0 spiro atoms. The molecule has 1 amide bonds. The van der Waals surface area contributed by atoms with Crippen molar-refractivity contribution >= 4 is 62.1 Å². The second kappa shape index (κ2) is 8.32. The number of nitrogens with one attached hydrogen (secondary N) is 2. The lowest BCUT2D eigenvalue weighted by Gasteiger charge is -2.15. The van der Waals surface area contributed by atoms with Crippen LogP contribution in [0.5, 0.6) is 5.75 Å². The highest BCUT2D eigenvalue weighted by Gasteiger charge is 2.23. The second-order valence-electron chi connectivity index (χ2n) is 6.45. The molecule has 1 aliphatic rings. The topological polar surface area (TPSA) is 123 Å². The van der Waals surface area contributed by atoms with Crippen molar-refractivity contribution < 1.29 is 17.9 Å². The third kappa shape index (κ3) is 4.49. The summed E-state index contributed by atoms with van der Waals surface area (Å²) in [4.78, 5) is 23.6. The van der Waals surface area contributed by atoms with Crippen molar-refractivity contribution in [3.63, 3.8) is 0 Å². The van der Waals surface area contributed by atoms with Crippen molar-refractivity contribution in [2.24, 2.45) is 4.99 Å². The lowest BCUT2D eigenvalue weighted by molar-refractivity contribution is -0.117. The molecule has 2 aromatic carbocycles. The monoisotopic (exact) mass is 457 g/mol. The van der Waals surface area contributed by atoms with Gasteiger partial charge in [-0.3, -0.25) is 9.52 Å². The zero-order valence-corrected chi connectivity index (χ0v) is 17.7. The van der Waals surface area contributed by atoms with Crippen LogP contribution < -0.4 is 14.8 Å².